The van der Waals surface area contributed by atoms with Gasteiger partial charge in [-0.2, -0.15) is 0 Å². The van der Waals surface area contributed by atoms with Crippen LogP contribution in [0.2, 0.25) is 0 Å². The molecule has 1 aliphatic rings. The molecule has 1 aromatic heterocycles. The number of carboxylic acids is 1. The number of carboxylic acid groups (broad SMARTS) is 1. The minimum atomic E-state index is -0.927. The molecule has 1 unspecified atom stereocenters. The molecule has 0 bridgehead atoms. The Kier molecular flexibility index (Phi) is 5.67. The number of rotatable bonds is 6. The van der Waals surface area contributed by atoms with E-state index < -0.39 is 11.4 Å². The van der Waals surface area contributed by atoms with E-state index in [1.165, 1.54) is 11.2 Å². The van der Waals surface area contributed by atoms with Crippen LogP contribution >= 0.6 is 0 Å². The molecule has 2 aromatic rings. The van der Waals surface area contributed by atoms with Crippen LogP contribution in [-0.2, 0) is 9.59 Å². The van der Waals surface area contributed by atoms with Gasteiger partial charge in [-0.05, 0) is 44.0 Å². The molecule has 2 amide bonds. The lowest BCUT2D eigenvalue weighted by Gasteiger charge is -2.37. The van der Waals surface area contributed by atoms with Crippen molar-refractivity contribution < 1.29 is 28.6 Å². The van der Waals surface area contributed by atoms with Gasteiger partial charge in [0.2, 0.25) is 0 Å². The van der Waals surface area contributed by atoms with Gasteiger partial charge in [0.25, 0.3) is 11.8 Å². The molecule has 0 saturated carbocycles. The normalized spacial score (nSPS) is 19.1. The Bertz CT molecular complexity index is 863. The first-order valence-electron chi connectivity index (χ1n) is 8.96. The number of nitrogens with zero attached hydrogens (tertiary/aromatic N) is 1. The van der Waals surface area contributed by atoms with Gasteiger partial charge in [-0.3, -0.25) is 14.4 Å². The molecule has 1 aromatic carbocycles. The van der Waals surface area contributed by atoms with E-state index in [4.69, 9.17) is 9.15 Å². The average Bonchev–Trinajstić information content (AvgIpc) is 3.21. The summed E-state index contributed by atoms with van der Waals surface area (Å²) in [6, 6.07) is 9.84. The highest BCUT2D eigenvalue weighted by Crippen LogP contribution is 2.29. The maximum atomic E-state index is 12.4. The Hall–Kier alpha value is -3.29. The third-order valence-corrected chi connectivity index (χ3v) is 4.76. The lowest BCUT2D eigenvalue weighted by Crippen LogP contribution is -2.49. The second-order valence-corrected chi connectivity index (χ2v) is 7.03. The third-order valence-electron chi connectivity index (χ3n) is 4.76. The molecule has 3 rings (SSSR count). The maximum Gasteiger partial charge on any atom is 0.311 e. The summed E-state index contributed by atoms with van der Waals surface area (Å²) in [5.41, 5.74) is -0.424. The Labute approximate surface area is 162 Å². The number of hydrogen-bond acceptors (Lipinski definition) is 5. The van der Waals surface area contributed by atoms with Crippen LogP contribution in [-0.4, -0.2) is 47.5 Å². The number of furan rings is 1. The zero-order valence-electron chi connectivity index (χ0n) is 15.5. The van der Waals surface area contributed by atoms with Gasteiger partial charge in [0.1, 0.15) is 5.75 Å². The molecule has 28 heavy (non-hydrogen) atoms. The van der Waals surface area contributed by atoms with Crippen molar-refractivity contribution >= 4 is 23.5 Å². The number of aliphatic carboxylic acids is 1. The van der Waals surface area contributed by atoms with Gasteiger partial charge in [-0.1, -0.05) is 6.07 Å². The van der Waals surface area contributed by atoms with Crippen molar-refractivity contribution in [2.45, 2.75) is 19.8 Å². The van der Waals surface area contributed by atoms with Crippen LogP contribution < -0.4 is 10.1 Å². The van der Waals surface area contributed by atoms with E-state index in [1.807, 2.05) is 0 Å². The van der Waals surface area contributed by atoms with E-state index in [1.54, 1.807) is 43.3 Å². The fraction of sp³-hybridized carbons (Fsp3) is 0.350. The molecule has 8 nitrogen and oxygen atoms in total. The summed E-state index contributed by atoms with van der Waals surface area (Å²) in [5, 5.41) is 12.1. The quantitative estimate of drug-likeness (QED) is 0.790. The standard InChI is InChI=1S/C20H22N2O6/c1-20(19(25)26)8-4-9-22(13-20)17(23)12-28-15-6-2-5-14(11-15)21-18(24)16-7-3-10-27-16/h2-3,5-7,10-11H,4,8-9,12-13H2,1H3,(H,21,24)(H,25,26). The summed E-state index contributed by atoms with van der Waals surface area (Å²) in [6.45, 7) is 2.14. The molecule has 0 aliphatic carbocycles. The predicted molar refractivity (Wildman–Crippen MR) is 100 cm³/mol. The van der Waals surface area contributed by atoms with Gasteiger partial charge in [0.05, 0.1) is 11.7 Å². The topological polar surface area (TPSA) is 109 Å². The first-order chi connectivity index (χ1) is 13.4. The van der Waals surface area contributed by atoms with Gasteiger partial charge < -0.3 is 24.5 Å². The van der Waals surface area contributed by atoms with Gasteiger partial charge in [-0.15, -0.1) is 0 Å². The number of likely N-dealkylation sites (tertiary alicyclic amines) is 1. The molecule has 1 fully saturated rings. The van der Waals surface area contributed by atoms with Crippen LogP contribution in [0.4, 0.5) is 5.69 Å². The minimum absolute atomic E-state index is 0.170. The van der Waals surface area contributed by atoms with Crippen molar-refractivity contribution in [2.24, 2.45) is 5.41 Å². The largest absolute Gasteiger partial charge is 0.484 e. The second kappa shape index (κ2) is 8.16. The highest BCUT2D eigenvalue weighted by molar-refractivity contribution is 6.02. The number of nitrogens with one attached hydrogen (secondary N) is 1. The summed E-state index contributed by atoms with van der Waals surface area (Å²) >= 11 is 0. The number of benzene rings is 1. The predicted octanol–water partition coefficient (Wildman–Crippen LogP) is 2.62. The Morgan fingerprint density at radius 2 is 2.11 bits per heavy atom. The first-order valence-corrected chi connectivity index (χ1v) is 8.96. The number of carbonyl (C=O) groups is 3. The van der Waals surface area contributed by atoms with Gasteiger partial charge in [-0.25, -0.2) is 0 Å². The van der Waals surface area contributed by atoms with Crippen LogP contribution in [0.3, 0.4) is 0 Å². The number of carbonyl (C=O) groups excluding carboxylic acids is 2. The monoisotopic (exact) mass is 386 g/mol. The number of anilines is 1. The van der Waals surface area contributed by atoms with Crippen molar-refractivity contribution in [3.63, 3.8) is 0 Å². The molecule has 8 heteroatoms. The van der Waals surface area contributed by atoms with Crippen LogP contribution in [0, 0.1) is 5.41 Å². The molecular formula is C20H22N2O6. The average molecular weight is 386 g/mol. The van der Waals surface area contributed by atoms with Crippen molar-refractivity contribution in [1.82, 2.24) is 4.90 Å². The fourth-order valence-electron chi connectivity index (χ4n) is 3.13. The molecule has 2 N–H and O–H groups in total. The Morgan fingerprint density at radius 3 is 2.82 bits per heavy atom. The summed E-state index contributed by atoms with van der Waals surface area (Å²) in [7, 11) is 0. The van der Waals surface area contributed by atoms with E-state index in [2.05, 4.69) is 5.32 Å². The van der Waals surface area contributed by atoms with E-state index in [0.29, 0.717) is 30.8 Å². The number of amides is 2. The first kappa shape index (κ1) is 19.5. The molecule has 1 aliphatic heterocycles. The Morgan fingerprint density at radius 1 is 1.29 bits per heavy atom. The highest BCUT2D eigenvalue weighted by Gasteiger charge is 2.39. The summed E-state index contributed by atoms with van der Waals surface area (Å²) in [4.78, 5) is 37.4. The van der Waals surface area contributed by atoms with Crippen LogP contribution in [0.25, 0.3) is 0 Å². The van der Waals surface area contributed by atoms with Crippen LogP contribution in [0.5, 0.6) is 5.75 Å². The lowest BCUT2D eigenvalue weighted by atomic mass is 9.82. The number of piperidine rings is 1. The van der Waals surface area contributed by atoms with Gasteiger partial charge >= 0.3 is 5.97 Å². The molecule has 1 saturated heterocycles. The Balaban J connectivity index is 1.56. The van der Waals surface area contributed by atoms with Crippen LogP contribution in [0.15, 0.2) is 47.1 Å². The van der Waals surface area contributed by atoms with E-state index in [9.17, 15) is 19.5 Å². The smallest absolute Gasteiger partial charge is 0.311 e. The van der Waals surface area contributed by atoms with Gasteiger partial charge in [0, 0.05) is 24.8 Å². The SMILES string of the molecule is CC1(C(=O)O)CCCN(C(=O)COc2cccc(NC(=O)c3ccco3)c2)C1. The van der Waals surface area contributed by atoms with E-state index >= 15 is 0 Å². The van der Waals surface area contributed by atoms with Crippen molar-refractivity contribution in [1.29, 1.82) is 0 Å². The zero-order chi connectivity index (χ0) is 20.1. The van der Waals surface area contributed by atoms with Crippen molar-refractivity contribution in [3.8, 4) is 5.75 Å². The minimum Gasteiger partial charge on any atom is -0.484 e. The summed E-state index contributed by atoms with van der Waals surface area (Å²) in [6.07, 6.45) is 2.60. The molecule has 0 radical (unpaired) electrons. The molecule has 0 spiro atoms. The van der Waals surface area contributed by atoms with Crippen LogP contribution in [0.1, 0.15) is 30.3 Å². The summed E-state index contributed by atoms with van der Waals surface area (Å²) in [5.74, 6) is -0.945. The zero-order valence-corrected chi connectivity index (χ0v) is 15.5. The molecule has 148 valence electrons. The molecule has 1 atom stereocenters. The second-order valence-electron chi connectivity index (χ2n) is 7.03. The summed E-state index contributed by atoms with van der Waals surface area (Å²) < 4.78 is 10.6. The number of hydrogen-bond donors (Lipinski definition) is 2. The van der Waals surface area contributed by atoms with Crippen molar-refractivity contribution in [2.75, 3.05) is 25.0 Å². The molecular weight excluding hydrogens is 364 g/mol. The van der Waals surface area contributed by atoms with E-state index in [-0.39, 0.29) is 30.7 Å². The number of ether oxygens (including phenoxy) is 1. The van der Waals surface area contributed by atoms with Gasteiger partial charge in [0.15, 0.2) is 12.4 Å². The van der Waals surface area contributed by atoms with Crippen molar-refractivity contribution in [3.05, 3.63) is 48.4 Å². The lowest BCUT2D eigenvalue weighted by molar-refractivity contribution is -0.153. The fourth-order valence-corrected chi connectivity index (χ4v) is 3.13. The third kappa shape index (κ3) is 4.51. The maximum absolute atomic E-state index is 12.4. The molecule has 2 heterocycles. The highest BCUT2D eigenvalue weighted by atomic mass is 16.5. The van der Waals surface area contributed by atoms with E-state index in [0.717, 1.165) is 0 Å².